The lowest BCUT2D eigenvalue weighted by Gasteiger charge is -2.14. The van der Waals surface area contributed by atoms with E-state index >= 15 is 0 Å². The Morgan fingerprint density at radius 3 is 2.61 bits per heavy atom. The first-order valence-corrected chi connectivity index (χ1v) is 9.56. The van der Waals surface area contributed by atoms with Crippen molar-refractivity contribution in [2.45, 2.75) is 13.3 Å². The fourth-order valence-electron chi connectivity index (χ4n) is 3.35. The van der Waals surface area contributed by atoms with Gasteiger partial charge in [0.05, 0.1) is 24.4 Å². The Kier molecular flexibility index (Phi) is 4.64. The highest BCUT2D eigenvalue weighted by molar-refractivity contribution is 7.22. The second-order valence-electron chi connectivity index (χ2n) is 6.41. The van der Waals surface area contributed by atoms with Crippen LogP contribution in [0.25, 0.3) is 10.2 Å². The van der Waals surface area contributed by atoms with Gasteiger partial charge in [-0.15, -0.1) is 0 Å². The van der Waals surface area contributed by atoms with E-state index in [1.165, 1.54) is 11.3 Å². The molecule has 4 rings (SSSR count). The zero-order valence-electron chi connectivity index (χ0n) is 15.7. The summed E-state index contributed by atoms with van der Waals surface area (Å²) in [6, 6.07) is 9.02. The SMILES string of the molecule is COc1cc2nc(NC(=O)c3ccc4c(c3)CCN4C(C)=O)sc2cc1OC. The van der Waals surface area contributed by atoms with E-state index in [0.29, 0.717) is 28.7 Å². The highest BCUT2D eigenvalue weighted by Gasteiger charge is 2.23. The van der Waals surface area contributed by atoms with Crippen molar-refractivity contribution in [2.75, 3.05) is 31.0 Å². The van der Waals surface area contributed by atoms with Gasteiger partial charge in [-0.25, -0.2) is 4.98 Å². The van der Waals surface area contributed by atoms with Gasteiger partial charge in [-0.1, -0.05) is 11.3 Å². The molecule has 0 radical (unpaired) electrons. The van der Waals surface area contributed by atoms with Gasteiger partial charge in [-0.3, -0.25) is 14.9 Å². The van der Waals surface area contributed by atoms with Crippen LogP contribution in [0.5, 0.6) is 11.5 Å². The third-order valence-corrected chi connectivity index (χ3v) is 5.67. The molecular weight excluding hydrogens is 378 g/mol. The van der Waals surface area contributed by atoms with Crippen molar-refractivity contribution >= 4 is 44.2 Å². The summed E-state index contributed by atoms with van der Waals surface area (Å²) in [7, 11) is 3.15. The summed E-state index contributed by atoms with van der Waals surface area (Å²) < 4.78 is 11.5. The fraction of sp³-hybridized carbons (Fsp3) is 0.250. The maximum atomic E-state index is 12.7. The van der Waals surface area contributed by atoms with Gasteiger partial charge in [0.1, 0.15) is 0 Å². The molecule has 1 N–H and O–H groups in total. The minimum Gasteiger partial charge on any atom is -0.493 e. The maximum absolute atomic E-state index is 12.7. The molecule has 8 heteroatoms. The van der Waals surface area contributed by atoms with E-state index in [0.717, 1.165) is 27.9 Å². The predicted molar refractivity (Wildman–Crippen MR) is 109 cm³/mol. The molecule has 0 bridgehead atoms. The number of anilines is 2. The summed E-state index contributed by atoms with van der Waals surface area (Å²) in [5.74, 6) is 0.982. The number of amides is 2. The minimum atomic E-state index is -0.234. The van der Waals surface area contributed by atoms with Gasteiger partial charge in [0, 0.05) is 36.9 Å². The number of thiazole rings is 1. The molecule has 1 aromatic heterocycles. The van der Waals surface area contributed by atoms with Crippen LogP contribution in [-0.4, -0.2) is 37.6 Å². The summed E-state index contributed by atoms with van der Waals surface area (Å²) in [6.45, 7) is 2.20. The number of nitrogens with zero attached hydrogens (tertiary/aromatic N) is 2. The molecule has 0 spiro atoms. The molecule has 1 aliphatic heterocycles. The van der Waals surface area contributed by atoms with Crippen LogP contribution in [0.15, 0.2) is 30.3 Å². The van der Waals surface area contributed by atoms with Crippen LogP contribution in [0.2, 0.25) is 0 Å². The molecule has 0 fully saturated rings. The summed E-state index contributed by atoms with van der Waals surface area (Å²) in [4.78, 5) is 30.5. The van der Waals surface area contributed by atoms with Crippen molar-refractivity contribution in [1.29, 1.82) is 0 Å². The van der Waals surface area contributed by atoms with E-state index in [2.05, 4.69) is 10.3 Å². The first-order valence-electron chi connectivity index (χ1n) is 8.75. The van der Waals surface area contributed by atoms with Crippen LogP contribution in [0.3, 0.4) is 0 Å². The molecule has 7 nitrogen and oxygen atoms in total. The number of aromatic nitrogens is 1. The number of hydrogen-bond acceptors (Lipinski definition) is 6. The Morgan fingerprint density at radius 2 is 1.89 bits per heavy atom. The van der Waals surface area contributed by atoms with Crippen molar-refractivity contribution in [3.05, 3.63) is 41.5 Å². The van der Waals surface area contributed by atoms with Crippen LogP contribution in [0.4, 0.5) is 10.8 Å². The van der Waals surface area contributed by atoms with E-state index < -0.39 is 0 Å². The van der Waals surface area contributed by atoms with Gasteiger partial charge in [0.2, 0.25) is 5.91 Å². The summed E-state index contributed by atoms with van der Waals surface area (Å²) in [6.07, 6.45) is 0.747. The van der Waals surface area contributed by atoms with Gasteiger partial charge in [0.15, 0.2) is 16.6 Å². The van der Waals surface area contributed by atoms with E-state index in [9.17, 15) is 9.59 Å². The Labute approximate surface area is 165 Å². The normalized spacial score (nSPS) is 12.8. The fourth-order valence-corrected chi connectivity index (χ4v) is 4.22. The number of rotatable bonds is 4. The summed E-state index contributed by atoms with van der Waals surface area (Å²) in [5, 5.41) is 3.36. The molecule has 0 aliphatic carbocycles. The first-order chi connectivity index (χ1) is 13.5. The van der Waals surface area contributed by atoms with Crippen molar-refractivity contribution in [3.63, 3.8) is 0 Å². The molecule has 1 aliphatic rings. The number of fused-ring (bicyclic) bond motifs is 2. The second kappa shape index (κ2) is 7.12. The van der Waals surface area contributed by atoms with Crippen molar-refractivity contribution in [1.82, 2.24) is 4.98 Å². The van der Waals surface area contributed by atoms with E-state index in [1.54, 1.807) is 38.2 Å². The van der Waals surface area contributed by atoms with Crippen molar-refractivity contribution in [2.24, 2.45) is 0 Å². The van der Waals surface area contributed by atoms with Gasteiger partial charge in [0.25, 0.3) is 5.91 Å². The lowest BCUT2D eigenvalue weighted by Crippen LogP contribution is -2.25. The molecule has 0 atom stereocenters. The van der Waals surface area contributed by atoms with Crippen LogP contribution in [-0.2, 0) is 11.2 Å². The highest BCUT2D eigenvalue weighted by Crippen LogP contribution is 2.36. The molecule has 0 unspecified atom stereocenters. The minimum absolute atomic E-state index is 0.0104. The van der Waals surface area contributed by atoms with Crippen LogP contribution < -0.4 is 19.7 Å². The number of methoxy groups -OCH3 is 2. The molecule has 144 valence electrons. The topological polar surface area (TPSA) is 80.8 Å². The maximum Gasteiger partial charge on any atom is 0.257 e. The molecule has 0 saturated carbocycles. The van der Waals surface area contributed by atoms with Crippen LogP contribution in [0.1, 0.15) is 22.8 Å². The number of ether oxygens (including phenoxy) is 2. The first kappa shape index (κ1) is 18.2. The van der Waals surface area contributed by atoms with Gasteiger partial charge >= 0.3 is 0 Å². The van der Waals surface area contributed by atoms with Gasteiger partial charge in [-0.2, -0.15) is 0 Å². The van der Waals surface area contributed by atoms with Gasteiger partial charge in [-0.05, 0) is 30.2 Å². The molecule has 2 aromatic carbocycles. The molecular formula is C20H19N3O4S. The Morgan fingerprint density at radius 1 is 1.14 bits per heavy atom. The Balaban J connectivity index is 1.58. The number of carbonyl (C=O) groups excluding carboxylic acids is 2. The lowest BCUT2D eigenvalue weighted by atomic mass is 10.1. The number of carbonyl (C=O) groups is 2. The number of hydrogen-bond donors (Lipinski definition) is 1. The Bertz CT molecular complexity index is 1050. The van der Waals surface area contributed by atoms with Crippen LogP contribution in [0, 0.1) is 0 Å². The zero-order chi connectivity index (χ0) is 19.8. The zero-order valence-corrected chi connectivity index (χ0v) is 16.6. The van der Waals surface area contributed by atoms with Gasteiger partial charge < -0.3 is 14.4 Å². The smallest absolute Gasteiger partial charge is 0.257 e. The summed E-state index contributed by atoms with van der Waals surface area (Å²) in [5.41, 5.74) is 3.15. The van der Waals surface area contributed by atoms with E-state index in [1.807, 2.05) is 18.2 Å². The molecule has 2 amide bonds. The summed E-state index contributed by atoms with van der Waals surface area (Å²) >= 11 is 1.37. The van der Waals surface area contributed by atoms with Crippen molar-refractivity contribution in [3.8, 4) is 11.5 Å². The predicted octanol–water partition coefficient (Wildman–Crippen LogP) is 3.47. The average Bonchev–Trinajstić information content (AvgIpc) is 3.28. The third kappa shape index (κ3) is 3.16. The average molecular weight is 397 g/mol. The molecule has 0 saturated heterocycles. The van der Waals surface area contributed by atoms with Crippen molar-refractivity contribution < 1.29 is 19.1 Å². The molecule has 3 aromatic rings. The Hall–Kier alpha value is -3.13. The number of nitrogens with one attached hydrogen (secondary N) is 1. The molecule has 28 heavy (non-hydrogen) atoms. The standard InChI is InChI=1S/C20H19N3O4S/c1-11(24)23-7-6-12-8-13(4-5-15(12)23)19(25)22-20-21-14-9-16(26-2)17(27-3)10-18(14)28-20/h4-5,8-10H,6-7H2,1-3H3,(H,21,22,25). The highest BCUT2D eigenvalue weighted by atomic mass is 32.1. The molecule has 2 heterocycles. The van der Waals surface area contributed by atoms with Crippen LogP contribution >= 0.6 is 11.3 Å². The van der Waals surface area contributed by atoms with E-state index in [4.69, 9.17) is 9.47 Å². The lowest BCUT2D eigenvalue weighted by molar-refractivity contribution is -0.116. The second-order valence-corrected chi connectivity index (χ2v) is 7.44. The largest absolute Gasteiger partial charge is 0.493 e. The third-order valence-electron chi connectivity index (χ3n) is 4.73. The van der Waals surface area contributed by atoms with E-state index in [-0.39, 0.29) is 11.8 Å². The quantitative estimate of drug-likeness (QED) is 0.729. The number of benzene rings is 2. The monoisotopic (exact) mass is 397 g/mol.